The highest BCUT2D eigenvalue weighted by atomic mass is 16.5. The largest absolute Gasteiger partial charge is 0.494 e. The van der Waals surface area contributed by atoms with Gasteiger partial charge in [-0.25, -0.2) is 0 Å². The zero-order chi connectivity index (χ0) is 21.8. The fourth-order valence-electron chi connectivity index (χ4n) is 3.53. The van der Waals surface area contributed by atoms with Crippen LogP contribution in [-0.4, -0.2) is 23.3 Å². The molecular formula is C26H24N2O3. The number of aryl methyl sites for hydroxylation is 1. The van der Waals surface area contributed by atoms with Crippen molar-refractivity contribution in [2.45, 2.75) is 20.4 Å². The number of imide groups is 1. The summed E-state index contributed by atoms with van der Waals surface area (Å²) in [5.74, 6) is 0.0733. The topological polar surface area (TPSA) is 58.6 Å². The van der Waals surface area contributed by atoms with Gasteiger partial charge in [-0.1, -0.05) is 60.2 Å². The highest BCUT2D eigenvalue weighted by Crippen LogP contribution is 2.32. The third-order valence-electron chi connectivity index (χ3n) is 5.13. The second-order valence-electron chi connectivity index (χ2n) is 7.38. The first-order chi connectivity index (χ1) is 15.1. The van der Waals surface area contributed by atoms with Crippen LogP contribution in [0.4, 0.5) is 5.69 Å². The molecule has 0 atom stereocenters. The second-order valence-corrected chi connectivity index (χ2v) is 7.38. The number of hydrogen-bond donors (Lipinski definition) is 1. The molecule has 2 amide bonds. The van der Waals surface area contributed by atoms with E-state index >= 15 is 0 Å². The molecule has 0 saturated heterocycles. The number of ether oxygens (including phenoxy) is 1. The molecule has 156 valence electrons. The van der Waals surface area contributed by atoms with Crippen molar-refractivity contribution in [3.63, 3.8) is 0 Å². The van der Waals surface area contributed by atoms with Crippen LogP contribution in [0.15, 0.2) is 84.6 Å². The number of nitrogens with zero attached hydrogens (tertiary/aromatic N) is 1. The summed E-state index contributed by atoms with van der Waals surface area (Å²) in [6.07, 6.45) is 0. The lowest BCUT2D eigenvalue weighted by atomic mass is 10.0. The van der Waals surface area contributed by atoms with Gasteiger partial charge in [-0.15, -0.1) is 0 Å². The summed E-state index contributed by atoms with van der Waals surface area (Å²) in [6, 6.07) is 24.5. The predicted octanol–water partition coefficient (Wildman–Crippen LogP) is 4.79. The molecule has 0 spiro atoms. The van der Waals surface area contributed by atoms with Gasteiger partial charge >= 0.3 is 0 Å². The van der Waals surface area contributed by atoms with Crippen LogP contribution in [0.2, 0.25) is 0 Å². The maximum atomic E-state index is 13.4. The Morgan fingerprint density at radius 3 is 2.16 bits per heavy atom. The van der Waals surface area contributed by atoms with Gasteiger partial charge < -0.3 is 10.1 Å². The van der Waals surface area contributed by atoms with Gasteiger partial charge in [0.05, 0.1) is 18.7 Å². The van der Waals surface area contributed by atoms with Crippen LogP contribution in [0.25, 0.3) is 5.57 Å². The average molecular weight is 412 g/mol. The maximum absolute atomic E-state index is 13.4. The van der Waals surface area contributed by atoms with E-state index in [1.165, 1.54) is 4.90 Å². The van der Waals surface area contributed by atoms with Crippen LogP contribution in [0, 0.1) is 6.92 Å². The first-order valence-corrected chi connectivity index (χ1v) is 10.3. The Morgan fingerprint density at radius 1 is 0.839 bits per heavy atom. The number of carbonyl (C=O) groups excluding carboxylic acids is 2. The van der Waals surface area contributed by atoms with E-state index in [9.17, 15) is 9.59 Å². The van der Waals surface area contributed by atoms with Crippen molar-refractivity contribution in [2.75, 3.05) is 11.9 Å². The summed E-state index contributed by atoms with van der Waals surface area (Å²) in [5.41, 5.74) is 4.10. The fraction of sp³-hybridized carbons (Fsp3) is 0.154. The monoisotopic (exact) mass is 412 g/mol. The van der Waals surface area contributed by atoms with E-state index in [0.29, 0.717) is 17.7 Å². The predicted molar refractivity (Wildman–Crippen MR) is 121 cm³/mol. The molecule has 5 heteroatoms. The molecule has 1 aliphatic heterocycles. The van der Waals surface area contributed by atoms with Crippen LogP contribution in [0.5, 0.6) is 5.75 Å². The minimum Gasteiger partial charge on any atom is -0.494 e. The Bertz CT molecular complexity index is 1120. The minimum absolute atomic E-state index is 0.221. The molecule has 0 aliphatic carbocycles. The summed E-state index contributed by atoms with van der Waals surface area (Å²) < 4.78 is 5.51. The third kappa shape index (κ3) is 4.36. The first-order valence-electron chi connectivity index (χ1n) is 10.3. The molecule has 4 rings (SSSR count). The van der Waals surface area contributed by atoms with E-state index in [1.807, 2.05) is 92.7 Å². The molecule has 5 nitrogen and oxygen atoms in total. The van der Waals surface area contributed by atoms with Crippen molar-refractivity contribution in [3.8, 4) is 5.75 Å². The molecule has 1 heterocycles. The molecule has 0 saturated carbocycles. The zero-order valence-electron chi connectivity index (χ0n) is 17.6. The van der Waals surface area contributed by atoms with Gasteiger partial charge in [-0.3, -0.25) is 14.5 Å². The van der Waals surface area contributed by atoms with Crippen molar-refractivity contribution in [3.05, 3.63) is 101 Å². The van der Waals surface area contributed by atoms with Crippen molar-refractivity contribution in [1.82, 2.24) is 4.90 Å². The third-order valence-corrected chi connectivity index (χ3v) is 5.13. The van der Waals surface area contributed by atoms with Gasteiger partial charge in [0.2, 0.25) is 0 Å². The lowest BCUT2D eigenvalue weighted by Crippen LogP contribution is -2.32. The van der Waals surface area contributed by atoms with Crippen molar-refractivity contribution in [2.24, 2.45) is 0 Å². The number of rotatable bonds is 7. The zero-order valence-corrected chi connectivity index (χ0v) is 17.6. The van der Waals surface area contributed by atoms with E-state index in [4.69, 9.17) is 4.74 Å². The van der Waals surface area contributed by atoms with Crippen LogP contribution in [0.3, 0.4) is 0 Å². The van der Waals surface area contributed by atoms with Crippen LogP contribution >= 0.6 is 0 Å². The Morgan fingerprint density at radius 2 is 1.52 bits per heavy atom. The van der Waals surface area contributed by atoms with Crippen molar-refractivity contribution in [1.29, 1.82) is 0 Å². The highest BCUT2D eigenvalue weighted by Gasteiger charge is 2.39. The molecule has 1 N–H and O–H groups in total. The Labute approximate surface area is 182 Å². The average Bonchev–Trinajstić information content (AvgIpc) is 3.01. The number of anilines is 1. The molecule has 0 bridgehead atoms. The highest BCUT2D eigenvalue weighted by molar-refractivity contribution is 6.36. The quantitative estimate of drug-likeness (QED) is 0.567. The summed E-state index contributed by atoms with van der Waals surface area (Å²) >= 11 is 0. The minimum atomic E-state index is -0.335. The molecule has 31 heavy (non-hydrogen) atoms. The SMILES string of the molecule is CCOc1ccc(C2=C(Nc3ccccc3)C(=O)N(Cc3ccc(C)cc3)C2=O)cc1. The van der Waals surface area contributed by atoms with Gasteiger partial charge in [-0.05, 0) is 49.2 Å². The van der Waals surface area contributed by atoms with Gasteiger partial charge in [0, 0.05) is 5.69 Å². The maximum Gasteiger partial charge on any atom is 0.278 e. The van der Waals surface area contributed by atoms with Crippen molar-refractivity contribution < 1.29 is 14.3 Å². The Hall–Kier alpha value is -3.86. The van der Waals surface area contributed by atoms with E-state index in [1.54, 1.807) is 0 Å². The molecule has 0 unspecified atom stereocenters. The Balaban J connectivity index is 1.70. The molecule has 1 aliphatic rings. The Kier molecular flexibility index (Phi) is 5.85. The number of amides is 2. The number of benzene rings is 3. The summed E-state index contributed by atoms with van der Waals surface area (Å²) in [5, 5.41) is 3.17. The van der Waals surface area contributed by atoms with E-state index in [-0.39, 0.29) is 24.1 Å². The van der Waals surface area contributed by atoms with Gasteiger partial charge in [0.25, 0.3) is 11.8 Å². The fourth-order valence-corrected chi connectivity index (χ4v) is 3.53. The smallest absolute Gasteiger partial charge is 0.278 e. The molecule has 0 fully saturated rings. The molecule has 3 aromatic rings. The lowest BCUT2D eigenvalue weighted by Gasteiger charge is -2.15. The van der Waals surface area contributed by atoms with Crippen LogP contribution in [0.1, 0.15) is 23.6 Å². The number of nitrogens with one attached hydrogen (secondary N) is 1. The summed E-state index contributed by atoms with van der Waals surface area (Å²) in [4.78, 5) is 28.0. The van der Waals surface area contributed by atoms with Crippen molar-refractivity contribution >= 4 is 23.1 Å². The standard InChI is InChI=1S/C26H24N2O3/c1-3-31-22-15-13-20(14-16-22)23-24(27-21-7-5-4-6-8-21)26(30)28(25(23)29)17-19-11-9-18(2)10-12-19/h4-16,27H,3,17H2,1-2H3. The molecular weight excluding hydrogens is 388 g/mol. The first kappa shape index (κ1) is 20.4. The normalized spacial score (nSPS) is 13.7. The van der Waals surface area contributed by atoms with E-state index in [0.717, 1.165) is 22.6 Å². The number of carbonyl (C=O) groups is 2. The number of hydrogen-bond acceptors (Lipinski definition) is 4. The lowest BCUT2D eigenvalue weighted by molar-refractivity contribution is -0.137. The van der Waals surface area contributed by atoms with Gasteiger partial charge in [0.1, 0.15) is 11.4 Å². The van der Waals surface area contributed by atoms with E-state index < -0.39 is 0 Å². The van der Waals surface area contributed by atoms with Crippen LogP contribution < -0.4 is 10.1 Å². The van der Waals surface area contributed by atoms with Crippen LogP contribution in [-0.2, 0) is 16.1 Å². The molecule has 0 aromatic heterocycles. The molecule has 0 radical (unpaired) electrons. The summed E-state index contributed by atoms with van der Waals surface area (Å²) in [6.45, 7) is 4.70. The van der Waals surface area contributed by atoms with Gasteiger partial charge in [0.15, 0.2) is 0 Å². The summed E-state index contributed by atoms with van der Waals surface area (Å²) in [7, 11) is 0. The van der Waals surface area contributed by atoms with E-state index in [2.05, 4.69) is 5.32 Å². The molecule has 3 aromatic carbocycles. The number of para-hydroxylation sites is 1. The van der Waals surface area contributed by atoms with Gasteiger partial charge in [-0.2, -0.15) is 0 Å². The second kappa shape index (κ2) is 8.88.